The summed E-state index contributed by atoms with van der Waals surface area (Å²) in [6.45, 7) is 5.69. The van der Waals surface area contributed by atoms with Gasteiger partial charge >= 0.3 is 0 Å². The SMILES string of the molecule is CCC1(O)CN(S(=O)(=O)N2CCCC(C)C2)C1. The lowest BCUT2D eigenvalue weighted by Crippen LogP contribution is -2.65. The number of rotatable bonds is 3. The molecule has 1 N–H and O–H groups in total. The zero-order valence-electron chi connectivity index (χ0n) is 10.6. The topological polar surface area (TPSA) is 60.9 Å². The second-order valence-electron chi connectivity index (χ2n) is 5.46. The summed E-state index contributed by atoms with van der Waals surface area (Å²) in [6, 6.07) is 0. The van der Waals surface area contributed by atoms with E-state index in [2.05, 4.69) is 6.92 Å². The van der Waals surface area contributed by atoms with Crippen LogP contribution in [-0.2, 0) is 10.2 Å². The molecular formula is C11H22N2O3S. The van der Waals surface area contributed by atoms with Crippen LogP contribution in [0, 0.1) is 5.92 Å². The minimum Gasteiger partial charge on any atom is -0.387 e. The molecule has 0 aromatic carbocycles. The summed E-state index contributed by atoms with van der Waals surface area (Å²) in [6.07, 6.45) is 2.65. The molecule has 5 nitrogen and oxygen atoms in total. The van der Waals surface area contributed by atoms with Crippen molar-refractivity contribution in [3.63, 3.8) is 0 Å². The Morgan fingerprint density at radius 2 is 2.00 bits per heavy atom. The molecule has 1 unspecified atom stereocenters. The third-order valence-corrected chi connectivity index (χ3v) is 5.77. The molecule has 0 bridgehead atoms. The van der Waals surface area contributed by atoms with Crippen molar-refractivity contribution in [1.82, 2.24) is 8.61 Å². The zero-order chi connectivity index (χ0) is 12.7. The minimum atomic E-state index is -3.33. The second kappa shape index (κ2) is 4.50. The van der Waals surface area contributed by atoms with Crippen LogP contribution >= 0.6 is 0 Å². The summed E-state index contributed by atoms with van der Waals surface area (Å²) in [5, 5.41) is 9.88. The molecule has 2 rings (SSSR count). The summed E-state index contributed by atoms with van der Waals surface area (Å²) >= 11 is 0. The molecule has 0 aromatic heterocycles. The van der Waals surface area contributed by atoms with Crippen molar-refractivity contribution < 1.29 is 13.5 Å². The third-order valence-electron chi connectivity index (χ3n) is 3.87. The fourth-order valence-electron chi connectivity index (χ4n) is 2.52. The average Bonchev–Trinajstić information content (AvgIpc) is 2.24. The van der Waals surface area contributed by atoms with Gasteiger partial charge in [-0.25, -0.2) is 0 Å². The molecule has 6 heteroatoms. The Balaban J connectivity index is 2.00. The largest absolute Gasteiger partial charge is 0.387 e. The van der Waals surface area contributed by atoms with Gasteiger partial charge in [-0.1, -0.05) is 13.8 Å². The molecular weight excluding hydrogens is 240 g/mol. The molecule has 0 radical (unpaired) electrons. The second-order valence-corrected chi connectivity index (χ2v) is 7.39. The lowest BCUT2D eigenvalue weighted by Gasteiger charge is -2.47. The van der Waals surface area contributed by atoms with Gasteiger partial charge in [0.25, 0.3) is 10.2 Å². The van der Waals surface area contributed by atoms with Crippen molar-refractivity contribution in [1.29, 1.82) is 0 Å². The molecule has 2 heterocycles. The fourth-order valence-corrected chi connectivity index (χ4v) is 4.45. The molecule has 0 amide bonds. The van der Waals surface area contributed by atoms with E-state index >= 15 is 0 Å². The maximum absolute atomic E-state index is 12.3. The maximum Gasteiger partial charge on any atom is 0.282 e. The van der Waals surface area contributed by atoms with Crippen molar-refractivity contribution in [3.05, 3.63) is 0 Å². The highest BCUT2D eigenvalue weighted by Gasteiger charge is 2.47. The first-order valence-corrected chi connectivity index (χ1v) is 7.75. The molecule has 1 atom stereocenters. The van der Waals surface area contributed by atoms with Crippen LogP contribution in [0.1, 0.15) is 33.1 Å². The molecule has 0 saturated carbocycles. The molecule has 0 spiro atoms. The van der Waals surface area contributed by atoms with E-state index < -0.39 is 15.8 Å². The highest BCUT2D eigenvalue weighted by atomic mass is 32.2. The van der Waals surface area contributed by atoms with Crippen LogP contribution < -0.4 is 0 Å². The van der Waals surface area contributed by atoms with Crippen LogP contribution in [0.3, 0.4) is 0 Å². The van der Waals surface area contributed by atoms with Crippen LogP contribution in [0.4, 0.5) is 0 Å². The molecule has 2 fully saturated rings. The monoisotopic (exact) mass is 262 g/mol. The lowest BCUT2D eigenvalue weighted by molar-refractivity contribution is -0.0638. The predicted octanol–water partition coefficient (Wildman–Crippen LogP) is 0.420. The Hall–Kier alpha value is -0.170. The quantitative estimate of drug-likeness (QED) is 0.802. The standard InChI is InChI=1S/C11H22N2O3S/c1-3-11(14)8-13(9-11)17(15,16)12-6-4-5-10(2)7-12/h10,14H,3-9H2,1-2H3. The number of nitrogens with zero attached hydrogens (tertiary/aromatic N) is 2. The van der Waals surface area contributed by atoms with Gasteiger partial charge < -0.3 is 5.11 Å². The summed E-state index contributed by atoms with van der Waals surface area (Å²) < 4.78 is 27.5. The van der Waals surface area contributed by atoms with Gasteiger partial charge in [-0.15, -0.1) is 0 Å². The van der Waals surface area contributed by atoms with E-state index in [1.54, 1.807) is 4.31 Å². The van der Waals surface area contributed by atoms with Gasteiger partial charge in [0.15, 0.2) is 0 Å². The summed E-state index contributed by atoms with van der Waals surface area (Å²) in [5.41, 5.74) is -0.797. The number of β-amino-alcohol motifs (C(OH)–C–C–N with tert-alkyl or cyclic N) is 1. The van der Waals surface area contributed by atoms with Gasteiger partial charge in [-0.3, -0.25) is 0 Å². The van der Waals surface area contributed by atoms with E-state index in [-0.39, 0.29) is 13.1 Å². The summed E-state index contributed by atoms with van der Waals surface area (Å²) in [4.78, 5) is 0. The smallest absolute Gasteiger partial charge is 0.282 e. The van der Waals surface area contributed by atoms with Gasteiger partial charge in [-0.2, -0.15) is 17.0 Å². The van der Waals surface area contributed by atoms with E-state index in [0.717, 1.165) is 12.8 Å². The van der Waals surface area contributed by atoms with E-state index in [1.807, 2.05) is 6.92 Å². The van der Waals surface area contributed by atoms with Crippen LogP contribution in [0.2, 0.25) is 0 Å². The van der Waals surface area contributed by atoms with Crippen molar-refractivity contribution in [2.24, 2.45) is 5.92 Å². The van der Waals surface area contributed by atoms with Crippen molar-refractivity contribution in [3.8, 4) is 0 Å². The zero-order valence-corrected chi connectivity index (χ0v) is 11.4. The van der Waals surface area contributed by atoms with Gasteiger partial charge in [0.2, 0.25) is 0 Å². The predicted molar refractivity (Wildman–Crippen MR) is 65.7 cm³/mol. The molecule has 0 aliphatic carbocycles. The van der Waals surface area contributed by atoms with Crippen LogP contribution in [0.5, 0.6) is 0 Å². The first-order valence-electron chi connectivity index (χ1n) is 6.35. The molecule has 100 valence electrons. The highest BCUT2D eigenvalue weighted by Crippen LogP contribution is 2.30. The van der Waals surface area contributed by atoms with E-state index in [1.165, 1.54) is 4.31 Å². The Morgan fingerprint density at radius 3 is 2.53 bits per heavy atom. The Labute approximate surface area is 104 Å². The number of hydrogen-bond donors (Lipinski definition) is 1. The van der Waals surface area contributed by atoms with Crippen molar-refractivity contribution in [2.75, 3.05) is 26.2 Å². The molecule has 0 aromatic rings. The normalized spacial score (nSPS) is 31.1. The Kier molecular flexibility index (Phi) is 3.51. The number of hydrogen-bond acceptors (Lipinski definition) is 3. The van der Waals surface area contributed by atoms with Crippen molar-refractivity contribution >= 4 is 10.2 Å². The Morgan fingerprint density at radius 1 is 1.35 bits per heavy atom. The van der Waals surface area contributed by atoms with E-state index in [4.69, 9.17) is 0 Å². The van der Waals surface area contributed by atoms with E-state index in [9.17, 15) is 13.5 Å². The lowest BCUT2D eigenvalue weighted by atomic mass is 9.94. The number of piperidine rings is 1. The molecule has 17 heavy (non-hydrogen) atoms. The first-order chi connectivity index (χ1) is 7.87. The molecule has 2 aliphatic rings. The first kappa shape index (κ1) is 13.3. The molecule has 2 saturated heterocycles. The van der Waals surface area contributed by atoms with Gasteiger partial charge in [0, 0.05) is 26.2 Å². The van der Waals surface area contributed by atoms with Crippen LogP contribution in [0.15, 0.2) is 0 Å². The number of aliphatic hydroxyl groups is 1. The maximum atomic E-state index is 12.3. The third kappa shape index (κ3) is 2.50. The fraction of sp³-hybridized carbons (Fsp3) is 1.00. The van der Waals surface area contributed by atoms with Crippen molar-refractivity contribution in [2.45, 2.75) is 38.7 Å². The van der Waals surface area contributed by atoms with Gasteiger partial charge in [0.05, 0.1) is 5.60 Å². The summed E-state index contributed by atoms with van der Waals surface area (Å²) in [7, 11) is -3.33. The van der Waals surface area contributed by atoms with Gasteiger partial charge in [-0.05, 0) is 25.2 Å². The van der Waals surface area contributed by atoms with Crippen LogP contribution in [-0.4, -0.2) is 53.9 Å². The minimum absolute atomic E-state index is 0.247. The van der Waals surface area contributed by atoms with Gasteiger partial charge in [0.1, 0.15) is 0 Å². The molecule has 2 aliphatic heterocycles. The van der Waals surface area contributed by atoms with Crippen LogP contribution in [0.25, 0.3) is 0 Å². The summed E-state index contributed by atoms with van der Waals surface area (Å²) in [5.74, 6) is 0.435. The average molecular weight is 262 g/mol. The highest BCUT2D eigenvalue weighted by molar-refractivity contribution is 7.86. The van der Waals surface area contributed by atoms with E-state index in [0.29, 0.717) is 25.4 Å². The Bertz CT molecular complexity index is 376.